The first-order valence-corrected chi connectivity index (χ1v) is 7.25. The van der Waals surface area contributed by atoms with Crippen molar-refractivity contribution in [1.82, 2.24) is 20.1 Å². The number of carbonyl (C=O) groups excluding carboxylic acids is 1. The van der Waals surface area contributed by atoms with Crippen molar-refractivity contribution in [3.05, 3.63) is 52.2 Å². The fourth-order valence-electron chi connectivity index (χ4n) is 2.27. The van der Waals surface area contributed by atoms with E-state index in [1.165, 1.54) is 18.5 Å². The Morgan fingerprint density at radius 3 is 2.38 bits per heavy atom. The maximum absolute atomic E-state index is 12.6. The number of carbonyl (C=O) groups is 1. The van der Waals surface area contributed by atoms with Gasteiger partial charge in [0.15, 0.2) is 0 Å². The second kappa shape index (κ2) is 6.90. The zero-order valence-electron chi connectivity index (χ0n) is 13.1. The monoisotopic (exact) mass is 342 g/mol. The number of amides is 1. The van der Waals surface area contributed by atoms with Crippen LogP contribution < -0.4 is 11.0 Å². The summed E-state index contributed by atoms with van der Waals surface area (Å²) in [6.07, 6.45) is -3.21. The third-order valence-electron chi connectivity index (χ3n) is 3.51. The highest BCUT2D eigenvalue weighted by Gasteiger charge is 2.30. The number of rotatable bonds is 5. The Kier molecular flexibility index (Phi) is 5.10. The van der Waals surface area contributed by atoms with E-state index in [1.807, 2.05) is 13.8 Å². The van der Waals surface area contributed by atoms with Gasteiger partial charge >= 0.3 is 11.9 Å². The number of aromatic amines is 1. The Morgan fingerprint density at radius 1 is 1.29 bits per heavy atom. The van der Waals surface area contributed by atoms with Crippen LogP contribution in [-0.4, -0.2) is 20.7 Å². The van der Waals surface area contributed by atoms with Crippen LogP contribution in [0.1, 0.15) is 31.0 Å². The average Bonchev–Trinajstić information content (AvgIpc) is 2.89. The minimum absolute atomic E-state index is 0.0493. The lowest BCUT2D eigenvalue weighted by molar-refractivity contribution is -0.137. The highest BCUT2D eigenvalue weighted by Crippen LogP contribution is 2.31. The molecule has 1 atom stereocenters. The highest BCUT2D eigenvalue weighted by atomic mass is 19.4. The van der Waals surface area contributed by atoms with Gasteiger partial charge in [0.2, 0.25) is 5.91 Å². The number of hydrogen-bond acceptors (Lipinski definition) is 3. The summed E-state index contributed by atoms with van der Waals surface area (Å²) in [6, 6.07) is 4.19. The van der Waals surface area contributed by atoms with E-state index in [4.69, 9.17) is 0 Å². The van der Waals surface area contributed by atoms with Crippen molar-refractivity contribution in [1.29, 1.82) is 0 Å². The second-order valence-electron chi connectivity index (χ2n) is 5.70. The molecule has 1 amide bonds. The lowest BCUT2D eigenvalue weighted by atomic mass is 9.95. The van der Waals surface area contributed by atoms with Gasteiger partial charge in [0.25, 0.3) is 0 Å². The number of hydrogen-bond donors (Lipinski definition) is 2. The van der Waals surface area contributed by atoms with Crippen LogP contribution in [0.5, 0.6) is 0 Å². The fraction of sp³-hybridized carbons (Fsp3) is 0.400. The van der Waals surface area contributed by atoms with Crippen molar-refractivity contribution in [2.45, 2.75) is 32.6 Å². The number of alkyl halides is 3. The van der Waals surface area contributed by atoms with E-state index in [2.05, 4.69) is 15.5 Å². The smallest absolute Gasteiger partial charge is 0.347 e. The van der Waals surface area contributed by atoms with Gasteiger partial charge in [0.05, 0.1) is 11.6 Å². The van der Waals surface area contributed by atoms with Crippen LogP contribution in [0.3, 0.4) is 0 Å². The first-order valence-electron chi connectivity index (χ1n) is 7.25. The van der Waals surface area contributed by atoms with E-state index in [0.717, 1.165) is 16.7 Å². The maximum atomic E-state index is 12.6. The summed E-state index contributed by atoms with van der Waals surface area (Å²) in [4.78, 5) is 23.4. The quantitative estimate of drug-likeness (QED) is 0.873. The molecule has 0 saturated carbocycles. The summed E-state index contributed by atoms with van der Waals surface area (Å²) in [5.74, 6) is -0.483. The van der Waals surface area contributed by atoms with Crippen molar-refractivity contribution in [2.75, 3.05) is 0 Å². The molecule has 9 heteroatoms. The molecule has 2 aromatic rings. The average molecular weight is 342 g/mol. The molecule has 1 aromatic heterocycles. The fourth-order valence-corrected chi connectivity index (χ4v) is 2.27. The lowest BCUT2D eigenvalue weighted by Gasteiger charge is -2.23. The Hall–Kier alpha value is -2.58. The van der Waals surface area contributed by atoms with Crippen molar-refractivity contribution in [3.8, 4) is 0 Å². The van der Waals surface area contributed by atoms with E-state index in [9.17, 15) is 22.8 Å². The summed E-state index contributed by atoms with van der Waals surface area (Å²) in [7, 11) is 0. The van der Waals surface area contributed by atoms with Crippen molar-refractivity contribution in [3.63, 3.8) is 0 Å². The van der Waals surface area contributed by atoms with Gasteiger partial charge in [0.1, 0.15) is 12.9 Å². The summed E-state index contributed by atoms with van der Waals surface area (Å²) in [6.45, 7) is 3.46. The van der Waals surface area contributed by atoms with Gasteiger partial charge < -0.3 is 5.32 Å². The first kappa shape index (κ1) is 17.8. The number of H-pyrrole nitrogens is 1. The van der Waals surface area contributed by atoms with E-state index in [0.29, 0.717) is 5.56 Å². The van der Waals surface area contributed by atoms with Gasteiger partial charge in [-0.05, 0) is 23.6 Å². The number of nitrogens with zero attached hydrogens (tertiary/aromatic N) is 2. The van der Waals surface area contributed by atoms with E-state index in [1.54, 1.807) is 0 Å². The summed E-state index contributed by atoms with van der Waals surface area (Å²) in [5.41, 5.74) is -0.698. The van der Waals surface area contributed by atoms with Crippen LogP contribution in [0.25, 0.3) is 0 Å². The molecule has 0 aliphatic rings. The number of aromatic nitrogens is 3. The van der Waals surface area contributed by atoms with Gasteiger partial charge in [-0.3, -0.25) is 9.36 Å². The number of benzene rings is 1. The zero-order chi connectivity index (χ0) is 17.9. The summed E-state index contributed by atoms with van der Waals surface area (Å²) in [5, 5.41) is 8.43. The molecule has 24 heavy (non-hydrogen) atoms. The van der Waals surface area contributed by atoms with Crippen molar-refractivity contribution < 1.29 is 18.0 Å². The standard InChI is InChI=1S/C15H17F3N4O2/c1-9(2)13(10-3-5-11(6-4-10)15(16,17)18)20-12(23)7-22-8-19-21-14(22)24/h3-6,8-9,13H,7H2,1-2H3,(H,20,23)(H,21,24). The molecular weight excluding hydrogens is 325 g/mol. The van der Waals surface area contributed by atoms with Crippen LogP contribution >= 0.6 is 0 Å². The van der Waals surface area contributed by atoms with Gasteiger partial charge in [-0.25, -0.2) is 9.89 Å². The minimum atomic E-state index is -4.41. The third-order valence-corrected chi connectivity index (χ3v) is 3.51. The Morgan fingerprint density at radius 2 is 1.92 bits per heavy atom. The Balaban J connectivity index is 2.13. The van der Waals surface area contributed by atoms with Gasteiger partial charge in [-0.15, -0.1) is 0 Å². The summed E-state index contributed by atoms with van der Waals surface area (Å²) < 4.78 is 39.0. The van der Waals surface area contributed by atoms with Gasteiger partial charge in [-0.1, -0.05) is 26.0 Å². The summed E-state index contributed by atoms with van der Waals surface area (Å²) >= 11 is 0. The van der Waals surface area contributed by atoms with Gasteiger partial charge in [0, 0.05) is 0 Å². The topological polar surface area (TPSA) is 79.8 Å². The second-order valence-corrected chi connectivity index (χ2v) is 5.70. The zero-order valence-corrected chi connectivity index (χ0v) is 13.1. The van der Waals surface area contributed by atoms with E-state index >= 15 is 0 Å². The highest BCUT2D eigenvalue weighted by molar-refractivity contribution is 5.76. The molecule has 0 fully saturated rings. The normalized spacial score (nSPS) is 13.1. The predicted molar refractivity (Wildman–Crippen MR) is 80.0 cm³/mol. The molecule has 1 heterocycles. The van der Waals surface area contributed by atoms with Gasteiger partial charge in [-0.2, -0.15) is 18.3 Å². The molecule has 1 unspecified atom stereocenters. The molecule has 0 aliphatic carbocycles. The molecule has 0 bridgehead atoms. The molecule has 0 spiro atoms. The molecule has 1 aromatic carbocycles. The number of halogens is 3. The molecule has 0 aliphatic heterocycles. The molecule has 6 nitrogen and oxygen atoms in total. The lowest BCUT2D eigenvalue weighted by Crippen LogP contribution is -2.36. The van der Waals surface area contributed by atoms with E-state index < -0.39 is 29.4 Å². The third kappa shape index (κ3) is 4.24. The molecule has 0 saturated heterocycles. The van der Waals surface area contributed by atoms with Crippen molar-refractivity contribution >= 4 is 5.91 Å². The Bertz CT molecular complexity index is 747. The molecule has 2 N–H and O–H groups in total. The van der Waals surface area contributed by atoms with Crippen LogP contribution in [0.4, 0.5) is 13.2 Å². The van der Waals surface area contributed by atoms with Crippen LogP contribution in [0, 0.1) is 5.92 Å². The molecule has 130 valence electrons. The minimum Gasteiger partial charge on any atom is -0.347 e. The maximum Gasteiger partial charge on any atom is 0.416 e. The van der Waals surface area contributed by atoms with Crippen LogP contribution in [0.2, 0.25) is 0 Å². The SMILES string of the molecule is CC(C)C(NC(=O)Cn1cn[nH]c1=O)c1ccc(C(F)(F)F)cc1. The van der Waals surface area contributed by atoms with Crippen LogP contribution in [0.15, 0.2) is 35.4 Å². The molecule has 2 rings (SSSR count). The molecule has 0 radical (unpaired) electrons. The first-order chi connectivity index (χ1) is 11.2. The van der Waals surface area contributed by atoms with E-state index in [-0.39, 0.29) is 12.5 Å². The number of nitrogens with one attached hydrogen (secondary N) is 2. The van der Waals surface area contributed by atoms with Crippen LogP contribution in [-0.2, 0) is 17.5 Å². The molecular formula is C15H17F3N4O2. The van der Waals surface area contributed by atoms with Crippen molar-refractivity contribution in [2.24, 2.45) is 5.92 Å². The Labute approximate surface area is 135 Å². The largest absolute Gasteiger partial charge is 0.416 e. The predicted octanol–water partition coefficient (Wildman–Crippen LogP) is 2.10.